The normalized spacial score (nSPS) is 24.0. The van der Waals surface area contributed by atoms with Crippen LogP contribution in [0.3, 0.4) is 0 Å². The maximum Gasteiger partial charge on any atom is 0.243 e. The van der Waals surface area contributed by atoms with Crippen molar-refractivity contribution in [2.75, 3.05) is 13.1 Å². The molecule has 2 atom stereocenters. The van der Waals surface area contributed by atoms with E-state index >= 15 is 0 Å². The SMILES string of the molecule is C[C@@H]1CN(S(=O)(=O)c2ccc(F)c(C(N)=S)c2)C[C@H](C)O1. The summed E-state index contributed by atoms with van der Waals surface area (Å²) >= 11 is 4.74. The van der Waals surface area contributed by atoms with Gasteiger partial charge in [-0.3, -0.25) is 0 Å². The fraction of sp³-hybridized carbons (Fsp3) is 0.462. The van der Waals surface area contributed by atoms with Gasteiger partial charge >= 0.3 is 0 Å². The van der Waals surface area contributed by atoms with Crippen molar-refractivity contribution in [3.05, 3.63) is 29.6 Å². The summed E-state index contributed by atoms with van der Waals surface area (Å²) in [5.41, 5.74) is 5.34. The van der Waals surface area contributed by atoms with Crippen molar-refractivity contribution in [3.63, 3.8) is 0 Å². The Kier molecular flexibility index (Phi) is 4.62. The molecule has 8 heteroatoms. The molecule has 1 aliphatic heterocycles. The Labute approximate surface area is 128 Å². The van der Waals surface area contributed by atoms with Crippen LogP contribution in [0.2, 0.25) is 0 Å². The van der Waals surface area contributed by atoms with E-state index in [2.05, 4.69) is 0 Å². The average molecular weight is 332 g/mol. The third-order valence-electron chi connectivity index (χ3n) is 3.23. The zero-order valence-electron chi connectivity index (χ0n) is 11.7. The van der Waals surface area contributed by atoms with Crippen molar-refractivity contribution in [1.29, 1.82) is 0 Å². The predicted octanol–water partition coefficient (Wildman–Crippen LogP) is 1.26. The fourth-order valence-corrected chi connectivity index (χ4v) is 4.10. The van der Waals surface area contributed by atoms with E-state index in [4.69, 9.17) is 22.7 Å². The summed E-state index contributed by atoms with van der Waals surface area (Å²) in [6, 6.07) is 3.46. The summed E-state index contributed by atoms with van der Waals surface area (Å²) in [4.78, 5) is -0.193. The summed E-state index contributed by atoms with van der Waals surface area (Å²) in [7, 11) is -3.73. The Balaban J connectivity index is 2.40. The van der Waals surface area contributed by atoms with Crippen molar-refractivity contribution >= 4 is 27.2 Å². The van der Waals surface area contributed by atoms with E-state index < -0.39 is 15.8 Å². The van der Waals surface area contributed by atoms with Gasteiger partial charge in [0.2, 0.25) is 10.0 Å². The maximum absolute atomic E-state index is 13.6. The largest absolute Gasteiger partial charge is 0.389 e. The highest BCUT2D eigenvalue weighted by atomic mass is 32.2. The minimum Gasteiger partial charge on any atom is -0.389 e. The van der Waals surface area contributed by atoms with Gasteiger partial charge in [0.25, 0.3) is 0 Å². The van der Waals surface area contributed by atoms with Gasteiger partial charge in [0.1, 0.15) is 10.8 Å². The lowest BCUT2D eigenvalue weighted by Crippen LogP contribution is -2.48. The first-order valence-corrected chi connectivity index (χ1v) is 8.31. The molecule has 21 heavy (non-hydrogen) atoms. The number of halogens is 1. The fourth-order valence-electron chi connectivity index (χ4n) is 2.33. The number of thiocarbonyl (C=S) groups is 1. The lowest BCUT2D eigenvalue weighted by molar-refractivity contribution is -0.0440. The molecule has 2 N–H and O–H groups in total. The van der Waals surface area contributed by atoms with Crippen molar-refractivity contribution in [1.82, 2.24) is 4.31 Å². The number of hydrogen-bond acceptors (Lipinski definition) is 4. The number of benzene rings is 1. The highest BCUT2D eigenvalue weighted by Crippen LogP contribution is 2.23. The van der Waals surface area contributed by atoms with E-state index in [0.717, 1.165) is 6.07 Å². The smallest absolute Gasteiger partial charge is 0.243 e. The third-order valence-corrected chi connectivity index (χ3v) is 5.27. The molecule has 1 aliphatic rings. The first-order valence-electron chi connectivity index (χ1n) is 6.46. The predicted molar refractivity (Wildman–Crippen MR) is 81.1 cm³/mol. The summed E-state index contributed by atoms with van der Waals surface area (Å²) in [5, 5.41) is 0. The summed E-state index contributed by atoms with van der Waals surface area (Å²) in [6.07, 6.45) is -0.391. The molecule has 5 nitrogen and oxygen atoms in total. The molecular formula is C13H17FN2O3S2. The molecule has 1 fully saturated rings. The van der Waals surface area contributed by atoms with E-state index in [1.165, 1.54) is 16.4 Å². The first kappa shape index (κ1) is 16.3. The molecule has 0 spiro atoms. The summed E-state index contributed by atoms with van der Waals surface area (Å²) in [5.74, 6) is -0.634. The second-order valence-electron chi connectivity index (χ2n) is 5.09. The van der Waals surface area contributed by atoms with E-state index in [1.54, 1.807) is 0 Å². The van der Waals surface area contributed by atoms with Gasteiger partial charge in [-0.15, -0.1) is 0 Å². The molecule has 1 aromatic carbocycles. The molecule has 0 radical (unpaired) electrons. The molecule has 2 rings (SSSR count). The van der Waals surface area contributed by atoms with E-state index in [0.29, 0.717) is 0 Å². The van der Waals surface area contributed by atoms with Gasteiger partial charge in [-0.2, -0.15) is 4.31 Å². The molecule has 1 heterocycles. The monoisotopic (exact) mass is 332 g/mol. The van der Waals surface area contributed by atoms with Gasteiger partial charge in [-0.1, -0.05) is 12.2 Å². The van der Waals surface area contributed by atoms with E-state index in [9.17, 15) is 12.8 Å². The molecule has 0 bridgehead atoms. The van der Waals surface area contributed by atoms with Crippen molar-refractivity contribution < 1.29 is 17.5 Å². The molecule has 0 saturated carbocycles. The summed E-state index contributed by atoms with van der Waals surface area (Å²) < 4.78 is 45.7. The van der Waals surface area contributed by atoms with Crippen molar-refractivity contribution in [3.8, 4) is 0 Å². The zero-order valence-corrected chi connectivity index (χ0v) is 13.4. The van der Waals surface area contributed by atoms with E-state index in [-0.39, 0.29) is 40.7 Å². The van der Waals surface area contributed by atoms with Gasteiger partial charge < -0.3 is 10.5 Å². The molecule has 1 aromatic rings. The van der Waals surface area contributed by atoms with Gasteiger partial charge in [0.05, 0.1) is 17.1 Å². The third kappa shape index (κ3) is 3.39. The van der Waals surface area contributed by atoms with Crippen LogP contribution >= 0.6 is 12.2 Å². The molecular weight excluding hydrogens is 315 g/mol. The molecule has 1 saturated heterocycles. The Hall–Kier alpha value is -1.09. The van der Waals surface area contributed by atoms with Crippen LogP contribution in [0.25, 0.3) is 0 Å². The number of ether oxygens (including phenoxy) is 1. The van der Waals surface area contributed by atoms with Gasteiger partial charge in [-0.25, -0.2) is 12.8 Å². The number of rotatable bonds is 3. The molecule has 0 aromatic heterocycles. The van der Waals surface area contributed by atoms with Gasteiger partial charge in [0.15, 0.2) is 0 Å². The van der Waals surface area contributed by atoms with Crippen LogP contribution in [-0.2, 0) is 14.8 Å². The van der Waals surface area contributed by atoms with Crippen LogP contribution in [0.15, 0.2) is 23.1 Å². The number of sulfonamides is 1. The zero-order chi connectivity index (χ0) is 15.8. The second kappa shape index (κ2) is 5.96. The summed E-state index contributed by atoms with van der Waals surface area (Å²) in [6.45, 7) is 4.13. The molecule has 116 valence electrons. The molecule has 0 unspecified atom stereocenters. The minimum atomic E-state index is -3.73. The van der Waals surface area contributed by atoms with Crippen LogP contribution < -0.4 is 5.73 Å². The van der Waals surface area contributed by atoms with Crippen molar-refractivity contribution in [2.45, 2.75) is 31.0 Å². The number of nitrogens with two attached hydrogens (primary N) is 1. The molecule has 0 amide bonds. The lowest BCUT2D eigenvalue weighted by atomic mass is 10.2. The Bertz CT molecular complexity index is 653. The number of nitrogens with zero attached hydrogens (tertiary/aromatic N) is 1. The minimum absolute atomic E-state index is 0.0204. The Morgan fingerprint density at radius 1 is 1.38 bits per heavy atom. The molecule has 0 aliphatic carbocycles. The quantitative estimate of drug-likeness (QED) is 0.844. The van der Waals surface area contributed by atoms with Crippen LogP contribution in [0.5, 0.6) is 0 Å². The van der Waals surface area contributed by atoms with Gasteiger partial charge in [0, 0.05) is 18.7 Å². The number of hydrogen-bond donors (Lipinski definition) is 1. The van der Waals surface area contributed by atoms with Gasteiger partial charge in [-0.05, 0) is 32.0 Å². The van der Waals surface area contributed by atoms with E-state index in [1.807, 2.05) is 13.8 Å². The second-order valence-corrected chi connectivity index (χ2v) is 7.46. The van der Waals surface area contributed by atoms with Crippen LogP contribution in [0.4, 0.5) is 4.39 Å². The highest BCUT2D eigenvalue weighted by molar-refractivity contribution is 7.89. The first-order chi connectivity index (χ1) is 9.71. The standard InChI is InChI=1S/C13H17FN2O3S2/c1-8-6-16(7-9(2)19-8)21(17,18)10-3-4-12(14)11(5-10)13(15)20/h3-5,8-9H,6-7H2,1-2H3,(H2,15,20)/t8-,9+. The highest BCUT2D eigenvalue weighted by Gasteiger charge is 2.32. The average Bonchev–Trinajstić information content (AvgIpc) is 2.37. The maximum atomic E-state index is 13.6. The Morgan fingerprint density at radius 2 is 1.95 bits per heavy atom. The van der Waals surface area contributed by atoms with Crippen LogP contribution in [-0.4, -0.2) is 43.0 Å². The van der Waals surface area contributed by atoms with Crippen molar-refractivity contribution in [2.24, 2.45) is 5.73 Å². The topological polar surface area (TPSA) is 72.6 Å². The Morgan fingerprint density at radius 3 is 2.48 bits per heavy atom. The van der Waals surface area contributed by atoms with Crippen LogP contribution in [0.1, 0.15) is 19.4 Å². The number of morpholine rings is 1. The lowest BCUT2D eigenvalue weighted by Gasteiger charge is -2.34. The van der Waals surface area contributed by atoms with Crippen LogP contribution in [0, 0.1) is 5.82 Å².